The zero-order chi connectivity index (χ0) is 16.7. The number of hydrogen-bond donors (Lipinski definition) is 2. The molecule has 2 N–H and O–H groups in total. The molecule has 0 atom stereocenters. The molecule has 2 aromatic carbocycles. The van der Waals surface area contributed by atoms with E-state index in [1.165, 1.54) is 12.1 Å². The van der Waals surface area contributed by atoms with Crippen molar-refractivity contribution in [3.05, 3.63) is 59.7 Å². The number of nitriles is 1. The van der Waals surface area contributed by atoms with Crippen LogP contribution in [0.2, 0.25) is 0 Å². The normalized spacial score (nSPS) is 10.7. The molecule has 0 heterocycles. The second-order valence-electron chi connectivity index (χ2n) is 4.66. The standard InChI is InChI=1S/C17H15N3O3/c1-12(13-4-8-16(9-5-13)23-11-10-18)19-20-15-6-2-14(3-7-15)17(21)22/h2-9,20H,11H2,1H3,(H,21,22)/b19-12+. The molecule has 0 aliphatic heterocycles. The second kappa shape index (κ2) is 7.61. The summed E-state index contributed by atoms with van der Waals surface area (Å²) in [6.45, 7) is 1.87. The Morgan fingerprint density at radius 2 is 1.78 bits per heavy atom. The fourth-order valence-corrected chi connectivity index (χ4v) is 1.81. The van der Waals surface area contributed by atoms with Gasteiger partial charge < -0.3 is 9.84 Å². The van der Waals surface area contributed by atoms with Crippen LogP contribution in [0, 0.1) is 11.3 Å². The quantitative estimate of drug-likeness (QED) is 0.631. The van der Waals surface area contributed by atoms with E-state index in [9.17, 15) is 4.79 Å². The van der Waals surface area contributed by atoms with Gasteiger partial charge in [-0.05, 0) is 61.0 Å². The monoisotopic (exact) mass is 309 g/mol. The summed E-state index contributed by atoms with van der Waals surface area (Å²) in [5.41, 5.74) is 5.47. The smallest absolute Gasteiger partial charge is 0.335 e. The molecular formula is C17H15N3O3. The molecule has 0 aliphatic rings. The van der Waals surface area contributed by atoms with Gasteiger partial charge in [0.2, 0.25) is 0 Å². The van der Waals surface area contributed by atoms with Crippen molar-refractivity contribution in [2.24, 2.45) is 5.10 Å². The molecule has 0 spiro atoms. The van der Waals surface area contributed by atoms with Gasteiger partial charge in [0, 0.05) is 0 Å². The summed E-state index contributed by atoms with van der Waals surface area (Å²) in [6, 6.07) is 15.5. The zero-order valence-electron chi connectivity index (χ0n) is 12.5. The lowest BCUT2D eigenvalue weighted by Gasteiger charge is -2.06. The fourth-order valence-electron chi connectivity index (χ4n) is 1.81. The Morgan fingerprint density at radius 3 is 2.35 bits per heavy atom. The molecule has 0 fully saturated rings. The van der Waals surface area contributed by atoms with Crippen LogP contribution >= 0.6 is 0 Å². The van der Waals surface area contributed by atoms with Crippen LogP contribution in [-0.2, 0) is 0 Å². The molecule has 0 aromatic heterocycles. The molecule has 6 heteroatoms. The number of anilines is 1. The van der Waals surface area contributed by atoms with Gasteiger partial charge >= 0.3 is 5.97 Å². The van der Waals surface area contributed by atoms with Crippen LogP contribution in [0.15, 0.2) is 53.6 Å². The van der Waals surface area contributed by atoms with Crippen molar-refractivity contribution in [1.82, 2.24) is 0 Å². The first-order valence-corrected chi connectivity index (χ1v) is 6.84. The van der Waals surface area contributed by atoms with E-state index < -0.39 is 5.97 Å². The minimum Gasteiger partial charge on any atom is -0.479 e. The molecule has 23 heavy (non-hydrogen) atoms. The van der Waals surface area contributed by atoms with Crippen LogP contribution in [0.25, 0.3) is 0 Å². The molecule has 6 nitrogen and oxygen atoms in total. The first kappa shape index (κ1) is 16.0. The summed E-state index contributed by atoms with van der Waals surface area (Å²) in [5, 5.41) is 21.6. The molecule has 2 aromatic rings. The topological polar surface area (TPSA) is 94.7 Å². The first-order valence-electron chi connectivity index (χ1n) is 6.84. The number of carbonyl (C=O) groups is 1. The number of benzene rings is 2. The second-order valence-corrected chi connectivity index (χ2v) is 4.66. The van der Waals surface area contributed by atoms with Crippen molar-refractivity contribution in [2.45, 2.75) is 6.92 Å². The van der Waals surface area contributed by atoms with Gasteiger partial charge in [-0.2, -0.15) is 10.4 Å². The maximum Gasteiger partial charge on any atom is 0.335 e. The summed E-state index contributed by atoms with van der Waals surface area (Å²) >= 11 is 0. The largest absolute Gasteiger partial charge is 0.479 e. The summed E-state index contributed by atoms with van der Waals surface area (Å²) in [5.74, 6) is -0.338. The highest BCUT2D eigenvalue weighted by atomic mass is 16.5. The number of aromatic carboxylic acids is 1. The number of nitrogens with zero attached hydrogens (tertiary/aromatic N) is 2. The lowest BCUT2D eigenvalue weighted by molar-refractivity contribution is 0.0697. The van der Waals surface area contributed by atoms with Crippen molar-refractivity contribution >= 4 is 17.4 Å². The number of carboxylic acids is 1. The Morgan fingerprint density at radius 1 is 1.17 bits per heavy atom. The Bertz CT molecular complexity index is 744. The van der Waals surface area contributed by atoms with Gasteiger partial charge in [-0.3, -0.25) is 5.43 Å². The maximum absolute atomic E-state index is 10.8. The van der Waals surface area contributed by atoms with E-state index in [-0.39, 0.29) is 12.2 Å². The predicted octanol–water partition coefficient (Wildman–Crippen LogP) is 3.12. The molecular weight excluding hydrogens is 294 g/mol. The first-order chi connectivity index (χ1) is 11.1. The van der Waals surface area contributed by atoms with E-state index in [1.54, 1.807) is 24.3 Å². The van der Waals surface area contributed by atoms with Crippen LogP contribution in [-0.4, -0.2) is 23.4 Å². The van der Waals surface area contributed by atoms with Crippen molar-refractivity contribution in [2.75, 3.05) is 12.0 Å². The molecule has 0 bridgehead atoms. The Labute approximate surface area is 133 Å². The summed E-state index contributed by atoms with van der Waals surface area (Å²) in [4.78, 5) is 10.8. The van der Waals surface area contributed by atoms with Gasteiger partial charge in [0.25, 0.3) is 0 Å². The van der Waals surface area contributed by atoms with Gasteiger partial charge in [-0.15, -0.1) is 0 Å². The van der Waals surface area contributed by atoms with Crippen molar-refractivity contribution in [3.63, 3.8) is 0 Å². The van der Waals surface area contributed by atoms with Crippen molar-refractivity contribution < 1.29 is 14.6 Å². The van der Waals surface area contributed by atoms with Crippen LogP contribution in [0.1, 0.15) is 22.8 Å². The molecule has 2 rings (SSSR count). The minimum absolute atomic E-state index is 0.0142. The van der Waals surface area contributed by atoms with Crippen molar-refractivity contribution in [3.8, 4) is 11.8 Å². The lowest BCUT2D eigenvalue weighted by atomic mass is 10.1. The van der Waals surface area contributed by atoms with E-state index in [0.717, 1.165) is 11.3 Å². The Hall–Kier alpha value is -3.33. The number of rotatable bonds is 6. The number of hydrogen-bond acceptors (Lipinski definition) is 5. The van der Waals surface area contributed by atoms with Crippen LogP contribution in [0.5, 0.6) is 5.75 Å². The lowest BCUT2D eigenvalue weighted by Crippen LogP contribution is -2.01. The molecule has 0 aliphatic carbocycles. The van der Waals surface area contributed by atoms with Crippen molar-refractivity contribution in [1.29, 1.82) is 5.26 Å². The van der Waals surface area contributed by atoms with Gasteiger partial charge in [-0.25, -0.2) is 4.79 Å². The Balaban J connectivity index is 2.01. The summed E-state index contributed by atoms with van der Waals surface area (Å²) < 4.78 is 5.19. The number of nitrogens with one attached hydrogen (secondary N) is 1. The van der Waals surface area contributed by atoms with Crippen LogP contribution < -0.4 is 10.2 Å². The van der Waals surface area contributed by atoms with E-state index in [2.05, 4.69) is 10.5 Å². The highest BCUT2D eigenvalue weighted by molar-refractivity contribution is 5.99. The molecule has 116 valence electrons. The average Bonchev–Trinajstić information content (AvgIpc) is 2.58. The Kier molecular flexibility index (Phi) is 5.31. The molecule has 0 unspecified atom stereocenters. The summed E-state index contributed by atoms with van der Waals surface area (Å²) in [7, 11) is 0. The number of ether oxygens (including phenoxy) is 1. The third-order valence-electron chi connectivity index (χ3n) is 3.06. The maximum atomic E-state index is 10.8. The van der Waals surface area contributed by atoms with Crippen LogP contribution in [0.3, 0.4) is 0 Å². The SMILES string of the molecule is C/C(=N\Nc1ccc(C(=O)O)cc1)c1ccc(OCC#N)cc1. The zero-order valence-corrected chi connectivity index (χ0v) is 12.5. The predicted molar refractivity (Wildman–Crippen MR) is 86.8 cm³/mol. The number of hydrazone groups is 1. The highest BCUT2D eigenvalue weighted by Gasteiger charge is 2.02. The fraction of sp³-hybridized carbons (Fsp3) is 0.118. The van der Waals surface area contributed by atoms with E-state index in [0.29, 0.717) is 11.4 Å². The van der Waals surface area contributed by atoms with Crippen LogP contribution in [0.4, 0.5) is 5.69 Å². The molecule has 0 saturated heterocycles. The van der Waals surface area contributed by atoms with E-state index >= 15 is 0 Å². The van der Waals surface area contributed by atoms with Gasteiger partial charge in [0.05, 0.1) is 17.0 Å². The van der Waals surface area contributed by atoms with Gasteiger partial charge in [-0.1, -0.05) is 0 Å². The molecule has 0 saturated carbocycles. The highest BCUT2D eigenvalue weighted by Crippen LogP contribution is 2.14. The van der Waals surface area contributed by atoms with Gasteiger partial charge in [0.15, 0.2) is 6.61 Å². The van der Waals surface area contributed by atoms with Gasteiger partial charge in [0.1, 0.15) is 11.8 Å². The minimum atomic E-state index is -0.963. The number of carboxylic acid groups (broad SMARTS) is 1. The van der Waals surface area contributed by atoms with E-state index in [1.807, 2.05) is 25.1 Å². The van der Waals surface area contributed by atoms with E-state index in [4.69, 9.17) is 15.1 Å². The molecule has 0 radical (unpaired) electrons. The third-order valence-corrected chi connectivity index (χ3v) is 3.06. The summed E-state index contributed by atoms with van der Waals surface area (Å²) in [6.07, 6.45) is 0. The molecule has 0 amide bonds. The third kappa shape index (κ3) is 4.58. The average molecular weight is 309 g/mol.